The molecule has 2 heterocycles. The highest BCUT2D eigenvalue weighted by molar-refractivity contribution is 6.00. The van der Waals surface area contributed by atoms with Crippen LogP contribution in [0.15, 0.2) is 36.5 Å². The minimum Gasteiger partial charge on any atom is -0.495 e. The molecule has 33 heavy (non-hydrogen) atoms. The molecule has 11 heteroatoms. The molecule has 1 unspecified atom stereocenters. The minimum atomic E-state index is -4.69. The molecule has 1 aromatic carbocycles. The van der Waals surface area contributed by atoms with Gasteiger partial charge in [0.15, 0.2) is 5.82 Å². The summed E-state index contributed by atoms with van der Waals surface area (Å²) in [6.45, 7) is 6.20. The number of methoxy groups -OCH3 is 1. The van der Waals surface area contributed by atoms with Gasteiger partial charge in [-0.2, -0.15) is 0 Å². The largest absolute Gasteiger partial charge is 0.573 e. The van der Waals surface area contributed by atoms with Crippen molar-refractivity contribution >= 4 is 23.8 Å². The van der Waals surface area contributed by atoms with Crippen LogP contribution in [-0.4, -0.2) is 44.4 Å². The lowest BCUT2D eigenvalue weighted by molar-refractivity contribution is -0.274. The Hall–Kier alpha value is -3.50. The topological polar surface area (TPSA) is 92.8 Å². The lowest BCUT2D eigenvalue weighted by Gasteiger charge is -2.25. The van der Waals surface area contributed by atoms with Gasteiger partial charge in [0.1, 0.15) is 11.5 Å². The number of hydrogen-bond donors (Lipinski definition) is 2. The molecule has 1 atom stereocenters. The zero-order valence-electron chi connectivity index (χ0n) is 19.2. The fourth-order valence-corrected chi connectivity index (χ4v) is 2.86. The van der Waals surface area contributed by atoms with Gasteiger partial charge < -0.3 is 25.0 Å². The van der Waals surface area contributed by atoms with Gasteiger partial charge in [-0.25, -0.2) is 4.98 Å². The summed E-state index contributed by atoms with van der Waals surface area (Å²) in [6, 6.07) is 6.98. The number of anilines is 2. The molecule has 0 saturated heterocycles. The summed E-state index contributed by atoms with van der Waals surface area (Å²) in [6.07, 6.45) is -1.84. The number of rotatable bonds is 6. The van der Waals surface area contributed by atoms with Crippen LogP contribution in [0.4, 0.5) is 24.7 Å². The zero-order chi connectivity index (χ0) is 25.0. The number of fused-ring (bicyclic) bond motifs is 1. The van der Waals surface area contributed by atoms with Crippen molar-refractivity contribution in [3.05, 3.63) is 42.1 Å². The number of amides is 2. The Morgan fingerprint density at radius 1 is 1.24 bits per heavy atom. The van der Waals surface area contributed by atoms with E-state index in [4.69, 9.17) is 4.74 Å². The van der Waals surface area contributed by atoms with Crippen LogP contribution in [0.2, 0.25) is 0 Å². The summed E-state index contributed by atoms with van der Waals surface area (Å²) in [5, 5.41) is 5.31. The van der Waals surface area contributed by atoms with Crippen molar-refractivity contribution in [2.45, 2.75) is 39.6 Å². The molecule has 0 fully saturated rings. The van der Waals surface area contributed by atoms with Crippen LogP contribution in [0, 0.1) is 0 Å². The van der Waals surface area contributed by atoms with Gasteiger partial charge in [0.2, 0.25) is 12.3 Å². The van der Waals surface area contributed by atoms with Crippen LogP contribution in [0.3, 0.4) is 0 Å². The Bertz CT molecular complexity index is 892. The van der Waals surface area contributed by atoms with E-state index in [9.17, 15) is 22.8 Å². The second kappa shape index (κ2) is 13.1. The Kier molecular flexibility index (Phi) is 11.0. The molecule has 2 N–H and O–H groups in total. The molecule has 0 saturated carbocycles. The molecule has 0 spiro atoms. The van der Waals surface area contributed by atoms with Crippen molar-refractivity contribution in [1.82, 2.24) is 10.3 Å². The van der Waals surface area contributed by atoms with Crippen LogP contribution in [0.1, 0.15) is 38.8 Å². The highest BCUT2D eigenvalue weighted by Crippen LogP contribution is 2.29. The summed E-state index contributed by atoms with van der Waals surface area (Å²) >= 11 is 0. The highest BCUT2D eigenvalue weighted by Gasteiger charge is 2.31. The molecule has 1 aliphatic heterocycles. The maximum absolute atomic E-state index is 11.9. The van der Waals surface area contributed by atoms with Crippen LogP contribution in [0.5, 0.6) is 11.5 Å². The first-order valence-corrected chi connectivity index (χ1v) is 10.3. The summed E-state index contributed by atoms with van der Waals surface area (Å²) in [7, 11) is 3.40. The van der Waals surface area contributed by atoms with E-state index in [1.807, 2.05) is 27.8 Å². The number of nitrogens with one attached hydrogen (secondary N) is 2. The first kappa shape index (κ1) is 27.5. The number of pyridine rings is 1. The lowest BCUT2D eigenvalue weighted by atomic mass is 10.0. The number of benzene rings is 1. The van der Waals surface area contributed by atoms with Crippen LogP contribution < -0.4 is 25.0 Å². The van der Waals surface area contributed by atoms with E-state index in [-0.39, 0.29) is 17.7 Å². The number of halogens is 3. The standard InChI is InChI=1S/C11H12F3NO2.C9H11N3O2.C2H6/c1-2-10(15-7-16)8-3-5-9(6-4-8)17-11(12,13)14;1-12-5-8(13)11-7-3-6(14-2)4-10-9(7)12;1-2/h3-7,10H,2H2,1H3,(H,15,16);3-4H,5H2,1-2H3,(H,11,13);1-2H3. The van der Waals surface area contributed by atoms with Gasteiger partial charge in [-0.3, -0.25) is 9.59 Å². The molecule has 182 valence electrons. The van der Waals surface area contributed by atoms with Gasteiger partial charge in [-0.15, -0.1) is 13.2 Å². The first-order valence-electron chi connectivity index (χ1n) is 10.3. The predicted octanol–water partition coefficient (Wildman–Crippen LogP) is 4.29. The van der Waals surface area contributed by atoms with Crippen molar-refractivity contribution in [3.63, 3.8) is 0 Å². The molecule has 1 aromatic heterocycles. The van der Waals surface area contributed by atoms with Crippen LogP contribution in [0.25, 0.3) is 0 Å². The van der Waals surface area contributed by atoms with Gasteiger partial charge in [-0.1, -0.05) is 32.9 Å². The Balaban J connectivity index is 0.000000311. The third kappa shape index (κ3) is 8.87. The minimum absolute atomic E-state index is 0.0324. The lowest BCUT2D eigenvalue weighted by Crippen LogP contribution is -2.35. The number of hydrogen-bond acceptors (Lipinski definition) is 6. The molecule has 2 aromatic rings. The molecule has 3 rings (SSSR count). The average molecular weight is 470 g/mol. The van der Waals surface area contributed by atoms with E-state index in [1.54, 1.807) is 24.3 Å². The normalized spacial score (nSPS) is 13.1. The Morgan fingerprint density at radius 3 is 2.39 bits per heavy atom. The average Bonchev–Trinajstić information content (AvgIpc) is 2.78. The quantitative estimate of drug-likeness (QED) is 0.612. The monoisotopic (exact) mass is 470 g/mol. The summed E-state index contributed by atoms with van der Waals surface area (Å²) in [5.41, 5.74) is 1.43. The van der Waals surface area contributed by atoms with Crippen molar-refractivity contribution in [1.29, 1.82) is 0 Å². The molecule has 0 bridgehead atoms. The van der Waals surface area contributed by atoms with Crippen molar-refractivity contribution in [2.75, 3.05) is 30.9 Å². The molecule has 2 amide bonds. The van der Waals surface area contributed by atoms with E-state index in [1.165, 1.54) is 24.3 Å². The number of aromatic nitrogens is 1. The SMILES string of the molecule is CC.CCC(NC=O)c1ccc(OC(F)(F)F)cc1.COc1cnc2c(c1)NC(=O)CN2C. The summed E-state index contributed by atoms with van der Waals surface area (Å²) in [5.74, 6) is 1.10. The van der Waals surface area contributed by atoms with E-state index in [2.05, 4.69) is 20.4 Å². The number of carbonyl (C=O) groups excluding carboxylic acids is 2. The fraction of sp³-hybridized carbons (Fsp3) is 0.409. The second-order valence-electron chi connectivity index (χ2n) is 6.51. The maximum Gasteiger partial charge on any atom is 0.573 e. The highest BCUT2D eigenvalue weighted by atomic mass is 19.4. The van der Waals surface area contributed by atoms with Gasteiger partial charge in [0, 0.05) is 13.1 Å². The molecular weight excluding hydrogens is 441 g/mol. The molecule has 0 radical (unpaired) electrons. The van der Waals surface area contributed by atoms with E-state index in [0.29, 0.717) is 30.8 Å². The van der Waals surface area contributed by atoms with Crippen molar-refractivity contribution < 1.29 is 32.2 Å². The van der Waals surface area contributed by atoms with E-state index >= 15 is 0 Å². The number of carbonyl (C=O) groups is 2. The van der Waals surface area contributed by atoms with Gasteiger partial charge in [0.25, 0.3) is 0 Å². The molecule has 1 aliphatic rings. The smallest absolute Gasteiger partial charge is 0.495 e. The Morgan fingerprint density at radius 2 is 1.88 bits per heavy atom. The first-order chi connectivity index (χ1) is 15.7. The summed E-state index contributed by atoms with van der Waals surface area (Å²) < 4.78 is 44.5. The Labute approximate surface area is 191 Å². The van der Waals surface area contributed by atoms with Crippen LogP contribution in [-0.2, 0) is 9.59 Å². The third-order valence-corrected chi connectivity index (χ3v) is 4.29. The number of ether oxygens (including phenoxy) is 2. The van der Waals surface area contributed by atoms with E-state index < -0.39 is 6.36 Å². The summed E-state index contributed by atoms with van der Waals surface area (Å²) in [4.78, 5) is 27.5. The molecular formula is C22H29F3N4O4. The van der Waals surface area contributed by atoms with Gasteiger partial charge in [-0.05, 0) is 24.1 Å². The number of alkyl halides is 3. The number of nitrogens with zero attached hydrogens (tertiary/aromatic N) is 2. The zero-order valence-corrected chi connectivity index (χ0v) is 19.2. The van der Waals surface area contributed by atoms with E-state index in [0.717, 1.165) is 11.4 Å². The third-order valence-electron chi connectivity index (χ3n) is 4.29. The van der Waals surface area contributed by atoms with Gasteiger partial charge in [0.05, 0.1) is 31.6 Å². The van der Waals surface area contributed by atoms with Gasteiger partial charge >= 0.3 is 6.36 Å². The number of likely N-dealkylation sites (N-methyl/N-ethyl adjacent to an activating group) is 1. The fourth-order valence-electron chi connectivity index (χ4n) is 2.86. The predicted molar refractivity (Wildman–Crippen MR) is 119 cm³/mol. The second-order valence-corrected chi connectivity index (χ2v) is 6.51. The van der Waals surface area contributed by atoms with Crippen molar-refractivity contribution in [2.24, 2.45) is 0 Å². The molecule has 0 aliphatic carbocycles. The van der Waals surface area contributed by atoms with Crippen LogP contribution >= 0.6 is 0 Å². The van der Waals surface area contributed by atoms with Crippen molar-refractivity contribution in [3.8, 4) is 11.5 Å². The molecule has 8 nitrogen and oxygen atoms in total. The maximum atomic E-state index is 11.9.